The van der Waals surface area contributed by atoms with Crippen LogP contribution in [-0.2, 0) is 30.6 Å². The molecule has 1 aliphatic heterocycles. The third kappa shape index (κ3) is 3.55. The van der Waals surface area contributed by atoms with E-state index in [0.29, 0.717) is 33.7 Å². The number of imide groups is 1. The Balaban J connectivity index is 1.37. The van der Waals surface area contributed by atoms with Crippen LogP contribution in [0.4, 0.5) is 5.69 Å². The topological polar surface area (TPSA) is 75.7 Å². The lowest BCUT2D eigenvalue weighted by Gasteiger charge is -2.54. The number of para-hydroxylation sites is 2. The van der Waals surface area contributed by atoms with E-state index in [9.17, 15) is 14.4 Å². The number of alkyl halides is 2. The molecule has 0 radical (unpaired) electrons. The van der Waals surface area contributed by atoms with Crippen LogP contribution in [-0.4, -0.2) is 35.8 Å². The van der Waals surface area contributed by atoms with Crippen LogP contribution in [0.3, 0.4) is 0 Å². The minimum absolute atomic E-state index is 0.114. The third-order valence-corrected chi connectivity index (χ3v) is 10.2. The number of carbonyl (C=O) groups excluding carboxylic acids is 3. The van der Waals surface area contributed by atoms with E-state index in [1.165, 1.54) is 7.11 Å². The van der Waals surface area contributed by atoms with E-state index >= 15 is 0 Å². The molecule has 3 amide bonds. The van der Waals surface area contributed by atoms with Gasteiger partial charge < -0.3 is 10.1 Å². The molecule has 3 aliphatic carbocycles. The molecule has 2 bridgehead atoms. The summed E-state index contributed by atoms with van der Waals surface area (Å²) in [6.07, 6.45) is 0.114. The van der Waals surface area contributed by atoms with Crippen molar-refractivity contribution < 1.29 is 19.1 Å². The maximum absolute atomic E-state index is 14.6. The summed E-state index contributed by atoms with van der Waals surface area (Å²) >= 11 is 15.2. The zero-order chi connectivity index (χ0) is 29.2. The van der Waals surface area contributed by atoms with Crippen LogP contribution in [0, 0.1) is 11.8 Å². The van der Waals surface area contributed by atoms with Gasteiger partial charge in [-0.3, -0.25) is 19.3 Å². The number of likely N-dealkylation sites (tertiary alicyclic amines) is 1. The quantitative estimate of drug-likeness (QED) is 0.224. The van der Waals surface area contributed by atoms with Crippen molar-refractivity contribution in [3.05, 3.63) is 131 Å². The molecule has 6 nitrogen and oxygen atoms in total. The Hall–Kier alpha value is -4.13. The summed E-state index contributed by atoms with van der Waals surface area (Å²) in [6.45, 7) is 0. The van der Waals surface area contributed by atoms with Gasteiger partial charge in [-0.05, 0) is 39.9 Å². The number of amides is 3. The first-order valence-electron chi connectivity index (χ1n) is 13.7. The van der Waals surface area contributed by atoms with Crippen molar-refractivity contribution in [2.75, 3.05) is 12.4 Å². The summed E-state index contributed by atoms with van der Waals surface area (Å²) in [5, 5.41) is 2.90. The minimum atomic E-state index is -1.33. The number of hydrogen-bond donors (Lipinski definition) is 1. The standard InChI is InChI=1S/C34H26Cl2N2O4/c1-42-27-18-10-9-17-25(27)37-30(39)26(19-20-11-3-2-4-12-20)38-31(40)28-29(32(38)41)34(36)22-14-6-5-13-21(22)33(28,35)23-15-7-8-16-24(23)34/h2-18,26,28-29H,19H2,1H3,(H,37,39)/t26-,28-,29+,33?,34?/m1/s1. The largest absolute Gasteiger partial charge is 0.495 e. The van der Waals surface area contributed by atoms with Crippen molar-refractivity contribution in [3.63, 3.8) is 0 Å². The normalized spacial score (nSPS) is 25.8. The van der Waals surface area contributed by atoms with E-state index in [1.54, 1.807) is 24.3 Å². The summed E-state index contributed by atoms with van der Waals surface area (Å²) in [6, 6.07) is 30.1. The summed E-state index contributed by atoms with van der Waals surface area (Å²) in [4.78, 5) is 41.7. The average molecular weight is 597 g/mol. The average Bonchev–Trinajstić information content (AvgIpc) is 3.30. The van der Waals surface area contributed by atoms with Crippen molar-refractivity contribution in [1.29, 1.82) is 0 Å². The van der Waals surface area contributed by atoms with Crippen LogP contribution in [0.25, 0.3) is 0 Å². The highest BCUT2D eigenvalue weighted by Crippen LogP contribution is 2.69. The van der Waals surface area contributed by atoms with Gasteiger partial charge in [0.1, 0.15) is 21.5 Å². The van der Waals surface area contributed by atoms with Crippen molar-refractivity contribution in [2.45, 2.75) is 22.2 Å². The number of rotatable bonds is 6. The molecule has 8 rings (SSSR count). The highest BCUT2D eigenvalue weighted by Gasteiger charge is 2.73. The molecule has 210 valence electrons. The summed E-state index contributed by atoms with van der Waals surface area (Å²) in [5.74, 6) is -3.06. The monoisotopic (exact) mass is 596 g/mol. The predicted molar refractivity (Wildman–Crippen MR) is 161 cm³/mol. The first-order chi connectivity index (χ1) is 20.3. The van der Waals surface area contributed by atoms with E-state index < -0.39 is 45.3 Å². The van der Waals surface area contributed by atoms with Crippen LogP contribution in [0.2, 0.25) is 0 Å². The molecule has 0 aromatic heterocycles. The van der Waals surface area contributed by atoms with E-state index in [4.69, 9.17) is 27.9 Å². The molecule has 4 aliphatic rings. The molecule has 1 heterocycles. The number of methoxy groups -OCH3 is 1. The fraction of sp³-hybridized carbons (Fsp3) is 0.206. The van der Waals surface area contributed by atoms with Gasteiger partial charge in [0.2, 0.25) is 17.7 Å². The van der Waals surface area contributed by atoms with Crippen molar-refractivity contribution >= 4 is 46.6 Å². The number of nitrogens with one attached hydrogen (secondary N) is 1. The fourth-order valence-corrected chi connectivity index (χ4v) is 8.20. The fourth-order valence-electron chi connectivity index (χ4n) is 7.10. The Morgan fingerprint density at radius 2 is 1.21 bits per heavy atom. The summed E-state index contributed by atoms with van der Waals surface area (Å²) in [5.41, 5.74) is 4.07. The molecule has 42 heavy (non-hydrogen) atoms. The molecule has 4 aromatic carbocycles. The highest BCUT2D eigenvalue weighted by molar-refractivity contribution is 6.36. The Morgan fingerprint density at radius 3 is 1.71 bits per heavy atom. The second-order valence-corrected chi connectivity index (χ2v) is 12.1. The summed E-state index contributed by atoms with van der Waals surface area (Å²) in [7, 11) is 1.51. The zero-order valence-corrected chi connectivity index (χ0v) is 24.1. The number of ether oxygens (including phenoxy) is 1. The molecule has 0 unspecified atom stereocenters. The molecule has 8 heteroatoms. The first-order valence-corrected chi connectivity index (χ1v) is 14.5. The van der Waals surface area contributed by atoms with Crippen LogP contribution in [0.1, 0.15) is 27.8 Å². The number of halogens is 2. The molecule has 1 N–H and O–H groups in total. The summed E-state index contributed by atoms with van der Waals surface area (Å²) < 4.78 is 5.43. The Labute approximate surface area is 253 Å². The van der Waals surface area contributed by atoms with Gasteiger partial charge in [0, 0.05) is 6.42 Å². The van der Waals surface area contributed by atoms with Gasteiger partial charge in [0.05, 0.1) is 24.6 Å². The SMILES string of the molecule is COc1ccccc1NC(=O)[C@@H](Cc1ccccc1)N1C(=O)[C@@H]2[C@H](C1=O)C1(Cl)c3ccccc3C2(Cl)c2ccccc21. The second-order valence-electron chi connectivity index (χ2n) is 10.9. The number of benzene rings is 4. The Bertz CT molecular complexity index is 1640. The van der Waals surface area contributed by atoms with Crippen molar-refractivity contribution in [1.82, 2.24) is 4.90 Å². The second kappa shape index (κ2) is 9.72. The van der Waals surface area contributed by atoms with Gasteiger partial charge >= 0.3 is 0 Å². The predicted octanol–water partition coefficient (Wildman–Crippen LogP) is 5.84. The van der Waals surface area contributed by atoms with E-state index in [0.717, 1.165) is 10.5 Å². The van der Waals surface area contributed by atoms with Crippen LogP contribution >= 0.6 is 23.2 Å². The molecule has 4 aromatic rings. The van der Waals surface area contributed by atoms with Crippen molar-refractivity contribution in [3.8, 4) is 5.75 Å². The van der Waals surface area contributed by atoms with Gasteiger partial charge in [0.25, 0.3) is 0 Å². The Kier molecular flexibility index (Phi) is 6.19. The maximum atomic E-state index is 14.6. The number of hydrogen-bond acceptors (Lipinski definition) is 4. The molecule has 0 spiro atoms. The van der Waals surface area contributed by atoms with Crippen LogP contribution < -0.4 is 10.1 Å². The van der Waals surface area contributed by atoms with E-state index in [2.05, 4.69) is 5.32 Å². The lowest BCUT2D eigenvalue weighted by Crippen LogP contribution is -2.57. The van der Waals surface area contributed by atoms with Gasteiger partial charge in [0.15, 0.2) is 0 Å². The van der Waals surface area contributed by atoms with Crippen molar-refractivity contribution in [2.24, 2.45) is 11.8 Å². The molecule has 0 saturated carbocycles. The number of carbonyl (C=O) groups is 3. The van der Waals surface area contributed by atoms with Crippen LogP contribution in [0.15, 0.2) is 103 Å². The number of anilines is 1. The third-order valence-electron chi connectivity index (χ3n) is 8.87. The lowest BCUT2D eigenvalue weighted by molar-refractivity contribution is -0.146. The van der Waals surface area contributed by atoms with Gasteiger partial charge in [-0.2, -0.15) is 0 Å². The van der Waals surface area contributed by atoms with Crippen LogP contribution in [0.5, 0.6) is 5.75 Å². The smallest absolute Gasteiger partial charge is 0.248 e. The number of nitrogens with zero attached hydrogens (tertiary/aromatic N) is 1. The molecular weight excluding hydrogens is 571 g/mol. The zero-order valence-electron chi connectivity index (χ0n) is 22.6. The molecular formula is C34H26Cl2N2O4. The lowest BCUT2D eigenvalue weighted by atomic mass is 9.54. The maximum Gasteiger partial charge on any atom is 0.248 e. The Morgan fingerprint density at radius 1 is 0.762 bits per heavy atom. The molecule has 1 saturated heterocycles. The van der Waals surface area contributed by atoms with Gasteiger partial charge in [-0.1, -0.05) is 91.0 Å². The minimum Gasteiger partial charge on any atom is -0.495 e. The van der Waals surface area contributed by atoms with Gasteiger partial charge in [-0.15, -0.1) is 23.2 Å². The van der Waals surface area contributed by atoms with Gasteiger partial charge in [-0.25, -0.2) is 0 Å². The molecule has 1 fully saturated rings. The molecule has 3 atom stereocenters. The first kappa shape index (κ1) is 26.7. The highest BCUT2D eigenvalue weighted by atomic mass is 35.5. The van der Waals surface area contributed by atoms with E-state index in [1.807, 2.05) is 78.9 Å². The van der Waals surface area contributed by atoms with E-state index in [-0.39, 0.29) is 6.42 Å².